The molecule has 2 aliphatic rings. The van der Waals surface area contributed by atoms with Crippen LogP contribution in [0.3, 0.4) is 0 Å². The van der Waals surface area contributed by atoms with Crippen LogP contribution in [0.5, 0.6) is 0 Å². The molecule has 1 aliphatic carbocycles. The predicted molar refractivity (Wildman–Crippen MR) is 60.1 cm³/mol. The highest BCUT2D eigenvalue weighted by atomic mass is 16.5. The summed E-state index contributed by atoms with van der Waals surface area (Å²) in [6.07, 6.45) is 2.34. The van der Waals surface area contributed by atoms with Crippen molar-refractivity contribution in [3.63, 3.8) is 0 Å². The molecule has 5 heteroatoms. The monoisotopic (exact) mass is 241 g/mol. The summed E-state index contributed by atoms with van der Waals surface area (Å²) in [6.45, 7) is 1.29. The third-order valence-electron chi connectivity index (χ3n) is 3.67. The van der Waals surface area contributed by atoms with Crippen LogP contribution in [0.1, 0.15) is 25.7 Å². The van der Waals surface area contributed by atoms with Gasteiger partial charge in [0.1, 0.15) is 0 Å². The second kappa shape index (κ2) is 5.04. The lowest BCUT2D eigenvalue weighted by Crippen LogP contribution is -2.43. The van der Waals surface area contributed by atoms with E-state index in [1.54, 1.807) is 0 Å². The fraction of sp³-hybridized carbons (Fsp3) is 0.833. The van der Waals surface area contributed by atoms with Gasteiger partial charge in [-0.2, -0.15) is 0 Å². The Kier molecular flexibility index (Phi) is 3.66. The molecule has 5 nitrogen and oxygen atoms in total. The Morgan fingerprint density at radius 3 is 2.29 bits per heavy atom. The van der Waals surface area contributed by atoms with Gasteiger partial charge in [0.15, 0.2) is 6.10 Å². The van der Waals surface area contributed by atoms with E-state index in [4.69, 9.17) is 0 Å². The number of ether oxygens (including phenoxy) is 1. The van der Waals surface area contributed by atoms with E-state index in [1.165, 1.54) is 7.11 Å². The molecule has 0 aromatic rings. The Hall–Kier alpha value is -1.10. The largest absolute Gasteiger partial charge is 0.467 e. The molecule has 1 heterocycles. The normalized spacial score (nSPS) is 23.3. The molecule has 0 aromatic carbocycles. The van der Waals surface area contributed by atoms with Gasteiger partial charge in [-0.3, -0.25) is 4.79 Å². The Labute approximate surface area is 101 Å². The Balaban J connectivity index is 1.81. The first-order valence-electron chi connectivity index (χ1n) is 6.18. The van der Waals surface area contributed by atoms with E-state index < -0.39 is 12.1 Å². The zero-order valence-electron chi connectivity index (χ0n) is 10.1. The quantitative estimate of drug-likeness (QED) is 0.715. The molecule has 0 radical (unpaired) electrons. The number of methoxy groups -OCH3 is 1. The summed E-state index contributed by atoms with van der Waals surface area (Å²) < 4.78 is 4.52. The number of aliphatic hydroxyl groups excluding tert-OH is 1. The van der Waals surface area contributed by atoms with E-state index in [1.807, 2.05) is 4.90 Å². The summed E-state index contributed by atoms with van der Waals surface area (Å²) in [5, 5.41) is 9.71. The standard InChI is InChI=1S/C12H19NO4/c1-17-12(16)10(14)8-4-6-13(7-5-8)11(15)9-2-3-9/h8-10,14H,2-7H2,1H3. The number of likely N-dealkylation sites (tertiary alicyclic amines) is 1. The minimum atomic E-state index is -1.04. The van der Waals surface area contributed by atoms with Gasteiger partial charge in [-0.25, -0.2) is 4.79 Å². The number of esters is 1. The molecule has 17 heavy (non-hydrogen) atoms. The van der Waals surface area contributed by atoms with Crippen LogP contribution in [-0.4, -0.2) is 48.2 Å². The summed E-state index contributed by atoms with van der Waals surface area (Å²) >= 11 is 0. The van der Waals surface area contributed by atoms with Gasteiger partial charge in [-0.1, -0.05) is 0 Å². The summed E-state index contributed by atoms with van der Waals surface area (Å²) in [6, 6.07) is 0. The van der Waals surface area contributed by atoms with Crippen LogP contribution in [0.25, 0.3) is 0 Å². The molecular formula is C12H19NO4. The van der Waals surface area contributed by atoms with Crippen LogP contribution in [-0.2, 0) is 14.3 Å². The average molecular weight is 241 g/mol. The highest BCUT2D eigenvalue weighted by Gasteiger charge is 2.37. The number of rotatable bonds is 3. The number of aliphatic hydroxyl groups is 1. The number of carbonyl (C=O) groups excluding carboxylic acids is 2. The lowest BCUT2D eigenvalue weighted by Gasteiger charge is -2.33. The van der Waals surface area contributed by atoms with E-state index in [2.05, 4.69) is 4.74 Å². The van der Waals surface area contributed by atoms with Crippen molar-refractivity contribution in [2.24, 2.45) is 11.8 Å². The number of amides is 1. The van der Waals surface area contributed by atoms with E-state index in [0.29, 0.717) is 25.9 Å². The minimum absolute atomic E-state index is 0.0781. The minimum Gasteiger partial charge on any atom is -0.467 e. The molecular weight excluding hydrogens is 222 g/mol. The van der Waals surface area contributed by atoms with E-state index in [0.717, 1.165) is 12.8 Å². The van der Waals surface area contributed by atoms with Crippen LogP contribution in [0.2, 0.25) is 0 Å². The maximum absolute atomic E-state index is 11.8. The number of nitrogens with zero attached hydrogens (tertiary/aromatic N) is 1. The zero-order valence-corrected chi connectivity index (χ0v) is 10.1. The van der Waals surface area contributed by atoms with Crippen LogP contribution < -0.4 is 0 Å². The summed E-state index contributed by atoms with van der Waals surface area (Å²) in [7, 11) is 1.28. The average Bonchev–Trinajstić information content (AvgIpc) is 3.20. The van der Waals surface area contributed by atoms with E-state index in [-0.39, 0.29) is 17.7 Å². The molecule has 1 saturated carbocycles. The highest BCUT2D eigenvalue weighted by Crippen LogP contribution is 2.32. The van der Waals surface area contributed by atoms with Gasteiger partial charge in [0.2, 0.25) is 5.91 Å². The van der Waals surface area contributed by atoms with Crippen molar-refractivity contribution in [3.05, 3.63) is 0 Å². The molecule has 96 valence electrons. The maximum Gasteiger partial charge on any atom is 0.334 e. The molecule has 2 rings (SSSR count). The van der Waals surface area contributed by atoms with Gasteiger partial charge in [0, 0.05) is 19.0 Å². The Morgan fingerprint density at radius 1 is 1.24 bits per heavy atom. The molecule has 1 unspecified atom stereocenters. The first kappa shape index (κ1) is 12.4. The molecule has 0 aromatic heterocycles. The van der Waals surface area contributed by atoms with Gasteiger partial charge in [0.05, 0.1) is 7.11 Å². The van der Waals surface area contributed by atoms with Crippen molar-refractivity contribution in [2.75, 3.05) is 20.2 Å². The van der Waals surface area contributed by atoms with Gasteiger partial charge >= 0.3 is 5.97 Å². The lowest BCUT2D eigenvalue weighted by atomic mass is 9.91. The van der Waals surface area contributed by atoms with Crippen LogP contribution in [0, 0.1) is 11.8 Å². The Morgan fingerprint density at radius 2 is 1.82 bits per heavy atom. The first-order valence-corrected chi connectivity index (χ1v) is 6.18. The van der Waals surface area contributed by atoms with Gasteiger partial charge in [-0.05, 0) is 31.6 Å². The highest BCUT2D eigenvalue weighted by molar-refractivity contribution is 5.81. The van der Waals surface area contributed by atoms with Crippen LogP contribution in [0.4, 0.5) is 0 Å². The summed E-state index contributed by atoms with van der Waals surface area (Å²) in [5.74, 6) is -0.157. The molecule has 1 atom stereocenters. The molecule has 1 aliphatic heterocycles. The second-order valence-electron chi connectivity index (χ2n) is 4.90. The number of hydrogen-bond donors (Lipinski definition) is 1. The van der Waals surface area contributed by atoms with Crippen molar-refractivity contribution in [1.82, 2.24) is 4.90 Å². The fourth-order valence-electron chi connectivity index (χ4n) is 2.34. The van der Waals surface area contributed by atoms with Crippen molar-refractivity contribution in [1.29, 1.82) is 0 Å². The molecule has 0 bridgehead atoms. The zero-order chi connectivity index (χ0) is 12.4. The van der Waals surface area contributed by atoms with E-state index in [9.17, 15) is 14.7 Å². The predicted octanol–water partition coefficient (Wildman–Crippen LogP) is 0.169. The Bertz CT molecular complexity index is 306. The maximum atomic E-state index is 11.8. The number of carbonyl (C=O) groups is 2. The smallest absolute Gasteiger partial charge is 0.334 e. The third kappa shape index (κ3) is 2.77. The van der Waals surface area contributed by atoms with E-state index >= 15 is 0 Å². The first-order chi connectivity index (χ1) is 8.13. The molecule has 1 amide bonds. The third-order valence-corrected chi connectivity index (χ3v) is 3.67. The van der Waals surface area contributed by atoms with Crippen LogP contribution >= 0.6 is 0 Å². The summed E-state index contributed by atoms with van der Waals surface area (Å²) in [4.78, 5) is 24.8. The number of piperidine rings is 1. The van der Waals surface area contributed by atoms with Crippen molar-refractivity contribution in [3.8, 4) is 0 Å². The number of hydrogen-bond acceptors (Lipinski definition) is 4. The molecule has 1 N–H and O–H groups in total. The lowest BCUT2D eigenvalue weighted by molar-refractivity contribution is -0.154. The molecule has 1 saturated heterocycles. The van der Waals surface area contributed by atoms with Crippen molar-refractivity contribution >= 4 is 11.9 Å². The van der Waals surface area contributed by atoms with Crippen LogP contribution in [0.15, 0.2) is 0 Å². The summed E-state index contributed by atoms with van der Waals surface area (Å²) in [5.41, 5.74) is 0. The van der Waals surface area contributed by atoms with Gasteiger partial charge in [0.25, 0.3) is 0 Å². The topological polar surface area (TPSA) is 66.8 Å². The molecule has 0 spiro atoms. The fourth-order valence-corrected chi connectivity index (χ4v) is 2.34. The van der Waals surface area contributed by atoms with Crippen molar-refractivity contribution < 1.29 is 19.4 Å². The molecule has 2 fully saturated rings. The second-order valence-corrected chi connectivity index (χ2v) is 4.90. The van der Waals surface area contributed by atoms with Crippen molar-refractivity contribution in [2.45, 2.75) is 31.8 Å². The SMILES string of the molecule is COC(=O)C(O)C1CCN(C(=O)C2CC2)CC1. The van der Waals surface area contributed by atoms with Gasteiger partial charge in [-0.15, -0.1) is 0 Å². The van der Waals surface area contributed by atoms with Gasteiger partial charge < -0.3 is 14.7 Å².